The summed E-state index contributed by atoms with van der Waals surface area (Å²) in [6.07, 6.45) is 0. The van der Waals surface area contributed by atoms with E-state index in [0.29, 0.717) is 11.5 Å². The lowest BCUT2D eigenvalue weighted by molar-refractivity contribution is 0.414. The number of methoxy groups -OCH3 is 2. The van der Waals surface area contributed by atoms with Gasteiger partial charge >= 0.3 is 0 Å². The predicted molar refractivity (Wildman–Crippen MR) is 119 cm³/mol. The Morgan fingerprint density at radius 1 is 0.677 bits per heavy atom. The van der Waals surface area contributed by atoms with Crippen LogP contribution in [-0.2, 0) is 20.0 Å². The minimum Gasteiger partial charge on any atom is -0.497 e. The summed E-state index contributed by atoms with van der Waals surface area (Å²) in [5.74, 6) is 1.04. The van der Waals surface area contributed by atoms with Crippen molar-refractivity contribution in [1.29, 1.82) is 0 Å². The van der Waals surface area contributed by atoms with Crippen LogP contribution in [0, 0.1) is 0 Å². The molecule has 0 bridgehead atoms. The molecule has 0 fully saturated rings. The minimum absolute atomic E-state index is 0.0204. The topological polar surface area (TPSA) is 111 Å². The quantitative estimate of drug-likeness (QED) is 0.502. The molecule has 0 unspecified atom stereocenters. The van der Waals surface area contributed by atoms with Crippen molar-refractivity contribution in [3.8, 4) is 11.5 Å². The van der Waals surface area contributed by atoms with Gasteiger partial charge in [0.25, 0.3) is 20.0 Å². The molecule has 0 saturated heterocycles. The molecule has 0 aliphatic carbocycles. The zero-order chi connectivity index (χ0) is 22.6. The first-order chi connectivity index (χ1) is 14.6. The molecule has 3 aromatic carbocycles. The Labute approximate surface area is 185 Å². The highest BCUT2D eigenvalue weighted by molar-refractivity contribution is 7.93. The standard InChI is InChI=1S/C20H19ClN2O6S2/c1-28-15-4-8-17(9-5-15)30(24,25)22-14-3-12-20(19(21)13-14)23-31(26,27)18-10-6-16(29-2)7-11-18/h3-13,22-23H,1-2H3. The Kier molecular flexibility index (Phi) is 6.63. The fourth-order valence-electron chi connectivity index (χ4n) is 2.59. The first kappa shape index (κ1) is 22.7. The third kappa shape index (κ3) is 5.40. The van der Waals surface area contributed by atoms with E-state index in [1.54, 1.807) is 0 Å². The molecule has 8 nitrogen and oxygen atoms in total. The second kappa shape index (κ2) is 9.04. The van der Waals surface area contributed by atoms with E-state index < -0.39 is 20.0 Å². The van der Waals surface area contributed by atoms with Gasteiger partial charge in [0.05, 0.1) is 40.4 Å². The van der Waals surface area contributed by atoms with Crippen molar-refractivity contribution in [1.82, 2.24) is 0 Å². The highest BCUT2D eigenvalue weighted by atomic mass is 35.5. The van der Waals surface area contributed by atoms with Crippen molar-refractivity contribution in [2.24, 2.45) is 0 Å². The van der Waals surface area contributed by atoms with Gasteiger partial charge in [-0.15, -0.1) is 0 Å². The molecule has 0 aliphatic rings. The Morgan fingerprint density at radius 3 is 1.55 bits per heavy atom. The Bertz CT molecular complexity index is 1280. The molecular formula is C20H19ClN2O6S2. The summed E-state index contributed by atoms with van der Waals surface area (Å²) in [6.45, 7) is 0. The second-order valence-corrected chi connectivity index (χ2v) is 10.0. The molecule has 0 amide bonds. The van der Waals surface area contributed by atoms with Gasteiger partial charge in [0.1, 0.15) is 11.5 Å². The van der Waals surface area contributed by atoms with Crippen LogP contribution in [0.2, 0.25) is 5.02 Å². The molecule has 11 heteroatoms. The van der Waals surface area contributed by atoms with E-state index in [-0.39, 0.29) is 26.2 Å². The van der Waals surface area contributed by atoms with Crippen molar-refractivity contribution in [2.45, 2.75) is 9.79 Å². The van der Waals surface area contributed by atoms with Crippen LogP contribution < -0.4 is 18.9 Å². The molecule has 0 saturated carbocycles. The summed E-state index contributed by atoms with van der Waals surface area (Å²) in [4.78, 5) is 0.0577. The van der Waals surface area contributed by atoms with Gasteiger partial charge in [0.2, 0.25) is 0 Å². The fraction of sp³-hybridized carbons (Fsp3) is 0.100. The smallest absolute Gasteiger partial charge is 0.261 e. The molecule has 3 rings (SSSR count). The number of nitrogens with one attached hydrogen (secondary N) is 2. The number of halogens is 1. The van der Waals surface area contributed by atoms with Crippen LogP contribution in [0.5, 0.6) is 11.5 Å². The summed E-state index contributed by atoms with van der Waals surface area (Å²) in [7, 11) is -4.81. The summed E-state index contributed by atoms with van der Waals surface area (Å²) in [5, 5.41) is 0.0204. The van der Waals surface area contributed by atoms with Crippen molar-refractivity contribution >= 4 is 43.0 Å². The number of hydrogen-bond donors (Lipinski definition) is 2. The highest BCUT2D eigenvalue weighted by Crippen LogP contribution is 2.29. The van der Waals surface area contributed by atoms with Crippen LogP contribution in [0.1, 0.15) is 0 Å². The van der Waals surface area contributed by atoms with Crippen molar-refractivity contribution in [2.75, 3.05) is 23.7 Å². The van der Waals surface area contributed by atoms with Crippen LogP contribution in [0.4, 0.5) is 11.4 Å². The molecule has 31 heavy (non-hydrogen) atoms. The largest absolute Gasteiger partial charge is 0.497 e. The maximum absolute atomic E-state index is 12.6. The number of sulfonamides is 2. The second-order valence-electron chi connectivity index (χ2n) is 6.26. The summed E-state index contributed by atoms with van der Waals surface area (Å²) < 4.78 is 65.1. The first-order valence-electron chi connectivity index (χ1n) is 8.78. The van der Waals surface area contributed by atoms with E-state index in [1.165, 1.54) is 80.9 Å². The Balaban J connectivity index is 1.78. The minimum atomic E-state index is -3.90. The van der Waals surface area contributed by atoms with Gasteiger partial charge < -0.3 is 9.47 Å². The van der Waals surface area contributed by atoms with Gasteiger partial charge in [-0.1, -0.05) is 11.6 Å². The van der Waals surface area contributed by atoms with Crippen LogP contribution in [0.3, 0.4) is 0 Å². The Morgan fingerprint density at radius 2 is 1.13 bits per heavy atom. The van der Waals surface area contributed by atoms with E-state index in [4.69, 9.17) is 21.1 Å². The van der Waals surface area contributed by atoms with E-state index >= 15 is 0 Å². The lowest BCUT2D eigenvalue weighted by atomic mass is 10.3. The molecule has 0 heterocycles. The zero-order valence-electron chi connectivity index (χ0n) is 16.5. The number of rotatable bonds is 8. The fourth-order valence-corrected chi connectivity index (χ4v) is 5.00. The summed E-state index contributed by atoms with van der Waals surface area (Å²) in [6, 6.07) is 15.8. The van der Waals surface area contributed by atoms with Crippen LogP contribution in [0.15, 0.2) is 76.5 Å². The van der Waals surface area contributed by atoms with E-state index in [1.807, 2.05) is 0 Å². The van der Waals surface area contributed by atoms with E-state index in [2.05, 4.69) is 9.44 Å². The molecular weight excluding hydrogens is 464 g/mol. The molecule has 0 radical (unpaired) electrons. The third-order valence-corrected chi connectivity index (χ3v) is 7.30. The normalized spacial score (nSPS) is 11.6. The first-order valence-corrected chi connectivity index (χ1v) is 12.1. The maximum Gasteiger partial charge on any atom is 0.261 e. The van der Waals surface area contributed by atoms with Crippen molar-refractivity contribution in [3.63, 3.8) is 0 Å². The van der Waals surface area contributed by atoms with Crippen LogP contribution in [0.25, 0.3) is 0 Å². The number of anilines is 2. The third-order valence-electron chi connectivity index (χ3n) is 4.21. The predicted octanol–water partition coefficient (Wildman–Crippen LogP) is 3.96. The molecule has 2 N–H and O–H groups in total. The average Bonchev–Trinajstić information content (AvgIpc) is 2.75. The molecule has 164 valence electrons. The molecule has 0 aromatic heterocycles. The van der Waals surface area contributed by atoms with Crippen LogP contribution in [-0.4, -0.2) is 31.1 Å². The average molecular weight is 483 g/mol. The molecule has 0 aliphatic heterocycles. The zero-order valence-corrected chi connectivity index (χ0v) is 18.9. The van der Waals surface area contributed by atoms with Gasteiger partial charge in [-0.2, -0.15) is 0 Å². The van der Waals surface area contributed by atoms with Gasteiger partial charge in [0.15, 0.2) is 0 Å². The van der Waals surface area contributed by atoms with Gasteiger partial charge in [0, 0.05) is 0 Å². The van der Waals surface area contributed by atoms with Crippen molar-refractivity contribution in [3.05, 3.63) is 71.8 Å². The monoisotopic (exact) mass is 482 g/mol. The molecule has 3 aromatic rings. The van der Waals surface area contributed by atoms with Gasteiger partial charge in [-0.25, -0.2) is 16.8 Å². The van der Waals surface area contributed by atoms with E-state index in [0.717, 1.165) is 0 Å². The molecule has 0 atom stereocenters. The SMILES string of the molecule is COc1ccc(S(=O)(=O)Nc2ccc(NS(=O)(=O)c3ccc(OC)cc3)c(Cl)c2)cc1. The summed E-state index contributed by atoms with van der Waals surface area (Å²) >= 11 is 6.19. The number of hydrogen-bond acceptors (Lipinski definition) is 6. The van der Waals surface area contributed by atoms with Gasteiger partial charge in [-0.05, 0) is 66.7 Å². The number of benzene rings is 3. The Hall–Kier alpha value is -2.95. The summed E-state index contributed by atoms with van der Waals surface area (Å²) in [5.41, 5.74) is 0.276. The van der Waals surface area contributed by atoms with E-state index in [9.17, 15) is 16.8 Å². The van der Waals surface area contributed by atoms with Gasteiger partial charge in [-0.3, -0.25) is 9.44 Å². The number of ether oxygens (including phenoxy) is 2. The maximum atomic E-state index is 12.6. The lowest BCUT2D eigenvalue weighted by Crippen LogP contribution is -2.14. The lowest BCUT2D eigenvalue weighted by Gasteiger charge is -2.13. The van der Waals surface area contributed by atoms with Crippen LogP contribution >= 0.6 is 11.6 Å². The highest BCUT2D eigenvalue weighted by Gasteiger charge is 2.18. The van der Waals surface area contributed by atoms with Crippen molar-refractivity contribution < 1.29 is 26.3 Å². The molecule has 0 spiro atoms.